The van der Waals surface area contributed by atoms with Crippen LogP contribution in [0, 0.1) is 0 Å². The summed E-state index contributed by atoms with van der Waals surface area (Å²) in [5.74, 6) is 1.16. The standard InChI is InChI=1S/C16H16BrN3O3/c1-22-13-9-8-11(14(17)15(13)23-2)10-18-20-16(21)19-12-6-4-3-5-7-12/h3-10H,1-2H3,(H2,19,20,21)/b18-10+. The SMILES string of the molecule is COc1ccc(/C=N/NC(=O)Nc2ccccc2)c(Br)c1OC. The van der Waals surface area contributed by atoms with Gasteiger partial charge < -0.3 is 14.8 Å². The van der Waals surface area contributed by atoms with Crippen LogP contribution in [0.3, 0.4) is 0 Å². The molecule has 0 bridgehead atoms. The van der Waals surface area contributed by atoms with Crippen LogP contribution in [0.4, 0.5) is 10.5 Å². The normalized spacial score (nSPS) is 10.4. The van der Waals surface area contributed by atoms with Crippen LogP contribution in [-0.4, -0.2) is 26.5 Å². The highest BCUT2D eigenvalue weighted by molar-refractivity contribution is 9.10. The summed E-state index contributed by atoms with van der Waals surface area (Å²) >= 11 is 3.43. The molecular formula is C16H16BrN3O3. The van der Waals surface area contributed by atoms with Crippen molar-refractivity contribution < 1.29 is 14.3 Å². The highest BCUT2D eigenvalue weighted by Crippen LogP contribution is 2.36. The highest BCUT2D eigenvalue weighted by atomic mass is 79.9. The van der Waals surface area contributed by atoms with Crippen molar-refractivity contribution in [2.24, 2.45) is 5.10 Å². The number of carbonyl (C=O) groups excluding carboxylic acids is 1. The van der Waals surface area contributed by atoms with Gasteiger partial charge in [-0.25, -0.2) is 10.2 Å². The number of halogens is 1. The first-order chi connectivity index (χ1) is 11.2. The van der Waals surface area contributed by atoms with E-state index in [1.54, 1.807) is 38.5 Å². The Morgan fingerprint density at radius 1 is 1.13 bits per heavy atom. The molecule has 0 aliphatic carbocycles. The maximum absolute atomic E-state index is 11.7. The third-order valence-electron chi connectivity index (χ3n) is 2.92. The Morgan fingerprint density at radius 3 is 2.52 bits per heavy atom. The van der Waals surface area contributed by atoms with Gasteiger partial charge in [-0.3, -0.25) is 0 Å². The van der Waals surface area contributed by atoms with Gasteiger partial charge in [0, 0.05) is 11.3 Å². The number of rotatable bonds is 5. The fourth-order valence-corrected chi connectivity index (χ4v) is 2.44. The largest absolute Gasteiger partial charge is 0.493 e. The molecule has 0 aliphatic heterocycles. The number of para-hydroxylation sites is 1. The van der Waals surface area contributed by atoms with Crippen molar-refractivity contribution >= 4 is 33.9 Å². The number of hydrogen-bond donors (Lipinski definition) is 2. The number of anilines is 1. The van der Waals surface area contributed by atoms with Gasteiger partial charge in [0.05, 0.1) is 24.9 Å². The molecule has 6 nitrogen and oxygen atoms in total. The molecule has 0 atom stereocenters. The molecule has 2 N–H and O–H groups in total. The van der Waals surface area contributed by atoms with Crippen LogP contribution in [0.2, 0.25) is 0 Å². The molecule has 0 radical (unpaired) electrons. The molecule has 2 rings (SSSR count). The number of benzene rings is 2. The Hall–Kier alpha value is -2.54. The fourth-order valence-electron chi connectivity index (χ4n) is 1.85. The zero-order valence-corrected chi connectivity index (χ0v) is 14.3. The average Bonchev–Trinajstić information content (AvgIpc) is 2.57. The van der Waals surface area contributed by atoms with E-state index in [4.69, 9.17) is 9.47 Å². The fraction of sp³-hybridized carbons (Fsp3) is 0.125. The van der Waals surface area contributed by atoms with E-state index in [0.29, 0.717) is 21.7 Å². The van der Waals surface area contributed by atoms with Crippen LogP contribution < -0.4 is 20.2 Å². The first-order valence-corrected chi connectivity index (χ1v) is 7.50. The van der Waals surface area contributed by atoms with E-state index in [9.17, 15) is 4.79 Å². The van der Waals surface area contributed by atoms with Crippen LogP contribution in [0.15, 0.2) is 52.0 Å². The molecule has 2 aromatic rings. The first-order valence-electron chi connectivity index (χ1n) is 6.71. The minimum Gasteiger partial charge on any atom is -0.493 e. The highest BCUT2D eigenvalue weighted by Gasteiger charge is 2.11. The lowest BCUT2D eigenvalue weighted by molar-refractivity contribution is 0.252. The van der Waals surface area contributed by atoms with Crippen LogP contribution in [0.25, 0.3) is 0 Å². The smallest absolute Gasteiger partial charge is 0.339 e. The number of urea groups is 1. The number of carbonyl (C=O) groups is 1. The first kappa shape index (κ1) is 16.8. The lowest BCUT2D eigenvalue weighted by Crippen LogP contribution is -2.24. The molecule has 2 amide bonds. The van der Waals surface area contributed by atoms with Gasteiger partial charge in [0.25, 0.3) is 0 Å². The van der Waals surface area contributed by atoms with E-state index in [2.05, 4.69) is 31.8 Å². The van der Waals surface area contributed by atoms with Gasteiger partial charge in [0.15, 0.2) is 11.5 Å². The van der Waals surface area contributed by atoms with Crippen molar-refractivity contribution in [2.75, 3.05) is 19.5 Å². The molecule has 2 aromatic carbocycles. The van der Waals surface area contributed by atoms with Gasteiger partial charge in [0.1, 0.15) is 0 Å². The number of ether oxygens (including phenoxy) is 2. The van der Waals surface area contributed by atoms with E-state index in [-0.39, 0.29) is 0 Å². The summed E-state index contributed by atoms with van der Waals surface area (Å²) in [5.41, 5.74) is 3.83. The molecule has 0 fully saturated rings. The monoisotopic (exact) mass is 377 g/mol. The number of nitrogens with one attached hydrogen (secondary N) is 2. The quantitative estimate of drug-likeness (QED) is 0.617. The molecule has 0 heterocycles. The van der Waals surface area contributed by atoms with Crippen molar-refractivity contribution in [3.05, 3.63) is 52.5 Å². The van der Waals surface area contributed by atoms with Crippen LogP contribution in [0.5, 0.6) is 11.5 Å². The molecule has 0 saturated heterocycles. The maximum atomic E-state index is 11.7. The number of nitrogens with zero attached hydrogens (tertiary/aromatic N) is 1. The van der Waals surface area contributed by atoms with Gasteiger partial charge in [-0.2, -0.15) is 5.10 Å². The second-order valence-corrected chi connectivity index (χ2v) is 5.19. The third-order valence-corrected chi connectivity index (χ3v) is 3.73. The van der Waals surface area contributed by atoms with Gasteiger partial charge in [0.2, 0.25) is 0 Å². The Morgan fingerprint density at radius 2 is 1.87 bits per heavy atom. The summed E-state index contributed by atoms with van der Waals surface area (Å²) in [6.45, 7) is 0. The minimum atomic E-state index is -0.427. The summed E-state index contributed by atoms with van der Waals surface area (Å²) in [6, 6.07) is 12.2. The van der Waals surface area contributed by atoms with E-state index in [1.165, 1.54) is 6.21 Å². The molecule has 23 heavy (non-hydrogen) atoms. The Labute approximate surface area is 142 Å². The topological polar surface area (TPSA) is 72.0 Å². The number of amides is 2. The lowest BCUT2D eigenvalue weighted by atomic mass is 10.2. The van der Waals surface area contributed by atoms with Crippen LogP contribution in [0.1, 0.15) is 5.56 Å². The van der Waals surface area contributed by atoms with E-state index in [1.807, 2.05) is 18.2 Å². The molecule has 0 spiro atoms. The molecule has 0 aromatic heterocycles. The predicted octanol–water partition coefficient (Wildman–Crippen LogP) is 3.62. The molecular weight excluding hydrogens is 362 g/mol. The Kier molecular flexibility index (Phi) is 5.99. The van der Waals surface area contributed by atoms with E-state index in [0.717, 1.165) is 5.56 Å². The minimum absolute atomic E-state index is 0.427. The number of methoxy groups -OCH3 is 2. The molecule has 0 aliphatic rings. The molecule has 7 heteroatoms. The van der Waals surface area contributed by atoms with Crippen molar-refractivity contribution in [2.45, 2.75) is 0 Å². The summed E-state index contributed by atoms with van der Waals surface area (Å²) in [7, 11) is 3.11. The summed E-state index contributed by atoms with van der Waals surface area (Å²) in [6.07, 6.45) is 1.51. The number of hydrogen-bond acceptors (Lipinski definition) is 4. The average molecular weight is 378 g/mol. The van der Waals surface area contributed by atoms with Crippen LogP contribution in [-0.2, 0) is 0 Å². The molecule has 120 valence electrons. The Balaban J connectivity index is 2.02. The van der Waals surface area contributed by atoms with E-state index < -0.39 is 6.03 Å². The van der Waals surface area contributed by atoms with Gasteiger partial charge in [-0.05, 0) is 40.2 Å². The predicted molar refractivity (Wildman–Crippen MR) is 93.4 cm³/mol. The van der Waals surface area contributed by atoms with E-state index >= 15 is 0 Å². The van der Waals surface area contributed by atoms with Crippen LogP contribution >= 0.6 is 15.9 Å². The zero-order valence-electron chi connectivity index (χ0n) is 12.7. The van der Waals surface area contributed by atoms with Gasteiger partial charge in [-0.1, -0.05) is 18.2 Å². The van der Waals surface area contributed by atoms with Gasteiger partial charge in [-0.15, -0.1) is 0 Å². The third kappa shape index (κ3) is 4.46. The molecule has 0 unspecified atom stereocenters. The van der Waals surface area contributed by atoms with Crippen molar-refractivity contribution in [1.29, 1.82) is 0 Å². The second kappa shape index (κ2) is 8.19. The maximum Gasteiger partial charge on any atom is 0.339 e. The second-order valence-electron chi connectivity index (χ2n) is 4.39. The van der Waals surface area contributed by atoms with Crippen molar-refractivity contribution in [1.82, 2.24) is 5.43 Å². The number of hydrazone groups is 1. The Bertz CT molecular complexity index is 705. The summed E-state index contributed by atoms with van der Waals surface area (Å²) in [4.78, 5) is 11.7. The molecule has 0 saturated carbocycles. The van der Waals surface area contributed by atoms with Crippen molar-refractivity contribution in [3.8, 4) is 11.5 Å². The lowest BCUT2D eigenvalue weighted by Gasteiger charge is -2.10. The summed E-state index contributed by atoms with van der Waals surface area (Å²) < 4.78 is 11.2. The van der Waals surface area contributed by atoms with Gasteiger partial charge >= 0.3 is 6.03 Å². The van der Waals surface area contributed by atoms with Crippen molar-refractivity contribution in [3.63, 3.8) is 0 Å². The zero-order chi connectivity index (χ0) is 16.7. The summed E-state index contributed by atoms with van der Waals surface area (Å²) in [5, 5.41) is 6.58.